The fraction of sp³-hybridized carbons (Fsp3) is 0.250. The van der Waals surface area contributed by atoms with E-state index in [4.69, 9.17) is 17.3 Å². The largest absolute Gasteiger partial charge is 0.370 e. The minimum Gasteiger partial charge on any atom is -0.370 e. The summed E-state index contributed by atoms with van der Waals surface area (Å²) in [5.41, 5.74) is 8.25. The highest BCUT2D eigenvalue weighted by Crippen LogP contribution is 2.24. The molecule has 0 amide bonds. The minimum atomic E-state index is -0.198. The molecule has 2 rings (SSSR count). The van der Waals surface area contributed by atoms with Gasteiger partial charge in [-0.1, -0.05) is 29.8 Å². The highest BCUT2D eigenvalue weighted by Gasteiger charge is 2.11. The molecule has 0 heterocycles. The molecule has 0 fully saturated rings. The van der Waals surface area contributed by atoms with Crippen molar-refractivity contribution in [1.29, 1.82) is 0 Å². The van der Waals surface area contributed by atoms with E-state index in [1.807, 2.05) is 42.3 Å². The summed E-state index contributed by atoms with van der Waals surface area (Å²) in [4.78, 5) is 2.03. The Kier molecular flexibility index (Phi) is 4.99. The van der Waals surface area contributed by atoms with Crippen LogP contribution in [0.3, 0.4) is 0 Å². The lowest BCUT2D eigenvalue weighted by Crippen LogP contribution is -2.19. The van der Waals surface area contributed by atoms with Gasteiger partial charge in [0.05, 0.1) is 0 Å². The fourth-order valence-corrected chi connectivity index (χ4v) is 2.37. The van der Waals surface area contributed by atoms with Crippen molar-refractivity contribution in [3.63, 3.8) is 0 Å². The SMILES string of the molecule is CN(Cc1ccc(Cl)cc1)c1cccc(F)c1CCN. The van der Waals surface area contributed by atoms with Gasteiger partial charge in [0.2, 0.25) is 0 Å². The van der Waals surface area contributed by atoms with Gasteiger partial charge in [-0.25, -0.2) is 4.39 Å². The summed E-state index contributed by atoms with van der Waals surface area (Å²) in [5, 5.41) is 0.714. The Hall–Kier alpha value is -1.58. The van der Waals surface area contributed by atoms with Crippen molar-refractivity contribution in [2.24, 2.45) is 5.73 Å². The second kappa shape index (κ2) is 6.73. The molecule has 0 radical (unpaired) electrons. The molecule has 0 aliphatic rings. The van der Waals surface area contributed by atoms with Gasteiger partial charge in [-0.2, -0.15) is 0 Å². The van der Waals surface area contributed by atoms with Crippen LogP contribution in [-0.4, -0.2) is 13.6 Å². The van der Waals surface area contributed by atoms with Gasteiger partial charge in [0.25, 0.3) is 0 Å². The number of benzene rings is 2. The molecule has 0 atom stereocenters. The Labute approximate surface area is 124 Å². The molecule has 0 saturated heterocycles. The predicted molar refractivity (Wildman–Crippen MR) is 82.7 cm³/mol. The van der Waals surface area contributed by atoms with Crippen molar-refractivity contribution in [3.05, 3.63) is 64.4 Å². The third kappa shape index (κ3) is 3.50. The molecule has 2 aromatic carbocycles. The van der Waals surface area contributed by atoms with Crippen LogP contribution in [0.1, 0.15) is 11.1 Å². The number of rotatable bonds is 5. The van der Waals surface area contributed by atoms with E-state index in [2.05, 4.69) is 0 Å². The Morgan fingerprint density at radius 2 is 1.85 bits per heavy atom. The summed E-state index contributed by atoms with van der Waals surface area (Å²) in [5.74, 6) is -0.198. The highest BCUT2D eigenvalue weighted by atomic mass is 35.5. The zero-order chi connectivity index (χ0) is 14.5. The third-order valence-corrected chi connectivity index (χ3v) is 3.48. The van der Waals surface area contributed by atoms with Gasteiger partial charge in [0.1, 0.15) is 5.82 Å². The van der Waals surface area contributed by atoms with Crippen LogP contribution in [0.4, 0.5) is 10.1 Å². The van der Waals surface area contributed by atoms with Crippen molar-refractivity contribution < 1.29 is 4.39 Å². The predicted octanol–water partition coefficient (Wildman–Crippen LogP) is 3.62. The van der Waals surface area contributed by atoms with Gasteiger partial charge in [0.15, 0.2) is 0 Å². The number of nitrogens with two attached hydrogens (primary N) is 1. The van der Waals surface area contributed by atoms with E-state index in [0.717, 1.165) is 11.3 Å². The van der Waals surface area contributed by atoms with E-state index in [-0.39, 0.29) is 5.82 Å². The zero-order valence-electron chi connectivity index (χ0n) is 11.4. The van der Waals surface area contributed by atoms with Crippen LogP contribution in [0.2, 0.25) is 5.02 Å². The molecular formula is C16H18ClFN2. The van der Waals surface area contributed by atoms with E-state index in [9.17, 15) is 4.39 Å². The van der Waals surface area contributed by atoms with Gasteiger partial charge < -0.3 is 10.6 Å². The second-order valence-electron chi connectivity index (χ2n) is 4.76. The summed E-state index contributed by atoms with van der Waals surface area (Å²) in [6.07, 6.45) is 0.535. The topological polar surface area (TPSA) is 29.3 Å². The summed E-state index contributed by atoms with van der Waals surface area (Å²) >= 11 is 5.88. The minimum absolute atomic E-state index is 0.198. The molecule has 0 unspecified atom stereocenters. The smallest absolute Gasteiger partial charge is 0.128 e. The summed E-state index contributed by atoms with van der Waals surface area (Å²) in [6, 6.07) is 12.8. The average molecular weight is 293 g/mol. The monoisotopic (exact) mass is 292 g/mol. The molecule has 2 aromatic rings. The van der Waals surface area contributed by atoms with Crippen LogP contribution in [0.15, 0.2) is 42.5 Å². The van der Waals surface area contributed by atoms with Crippen molar-refractivity contribution in [2.75, 3.05) is 18.5 Å². The van der Waals surface area contributed by atoms with Crippen molar-refractivity contribution >= 4 is 17.3 Å². The highest BCUT2D eigenvalue weighted by molar-refractivity contribution is 6.30. The molecule has 0 aliphatic heterocycles. The lowest BCUT2D eigenvalue weighted by molar-refractivity contribution is 0.608. The van der Waals surface area contributed by atoms with Crippen LogP contribution < -0.4 is 10.6 Å². The molecule has 20 heavy (non-hydrogen) atoms. The number of hydrogen-bond donors (Lipinski definition) is 1. The van der Waals surface area contributed by atoms with Crippen LogP contribution in [0.25, 0.3) is 0 Å². The van der Waals surface area contributed by atoms with Crippen LogP contribution in [-0.2, 0) is 13.0 Å². The van der Waals surface area contributed by atoms with Gasteiger partial charge in [-0.05, 0) is 42.8 Å². The first kappa shape index (κ1) is 14.8. The van der Waals surface area contributed by atoms with Gasteiger partial charge in [0, 0.05) is 29.9 Å². The zero-order valence-corrected chi connectivity index (χ0v) is 12.2. The molecule has 0 spiro atoms. The average Bonchev–Trinajstić information content (AvgIpc) is 2.43. The number of hydrogen-bond acceptors (Lipinski definition) is 2. The fourth-order valence-electron chi connectivity index (χ4n) is 2.25. The molecule has 0 aliphatic carbocycles. The quantitative estimate of drug-likeness (QED) is 0.912. The Morgan fingerprint density at radius 1 is 1.15 bits per heavy atom. The molecule has 106 valence electrons. The van der Waals surface area contributed by atoms with Crippen LogP contribution in [0, 0.1) is 5.82 Å². The number of nitrogens with zero attached hydrogens (tertiary/aromatic N) is 1. The maximum absolute atomic E-state index is 13.9. The normalized spacial score (nSPS) is 10.6. The van der Waals surface area contributed by atoms with Crippen molar-refractivity contribution in [1.82, 2.24) is 0 Å². The molecule has 0 saturated carbocycles. The molecule has 2 nitrogen and oxygen atoms in total. The van der Waals surface area contributed by atoms with Crippen molar-refractivity contribution in [2.45, 2.75) is 13.0 Å². The maximum atomic E-state index is 13.9. The summed E-state index contributed by atoms with van der Waals surface area (Å²) in [7, 11) is 1.95. The van der Waals surface area contributed by atoms with Gasteiger partial charge >= 0.3 is 0 Å². The van der Waals surface area contributed by atoms with E-state index in [1.54, 1.807) is 6.07 Å². The molecule has 4 heteroatoms. The summed E-state index contributed by atoms with van der Waals surface area (Å²) in [6.45, 7) is 1.13. The van der Waals surface area contributed by atoms with Crippen LogP contribution in [0.5, 0.6) is 0 Å². The van der Waals surface area contributed by atoms with E-state index >= 15 is 0 Å². The second-order valence-corrected chi connectivity index (χ2v) is 5.20. The molecule has 0 bridgehead atoms. The van der Waals surface area contributed by atoms with Crippen LogP contribution >= 0.6 is 11.6 Å². The van der Waals surface area contributed by atoms with Gasteiger partial charge in [-0.15, -0.1) is 0 Å². The first-order valence-electron chi connectivity index (χ1n) is 6.55. The standard InChI is InChI=1S/C16H18ClFN2/c1-20(11-12-5-7-13(17)8-6-12)16-4-2-3-15(18)14(16)9-10-19/h2-8H,9-11,19H2,1H3. The van der Waals surface area contributed by atoms with E-state index in [0.29, 0.717) is 30.1 Å². The Balaban J connectivity index is 2.22. The Morgan fingerprint density at radius 3 is 2.50 bits per heavy atom. The number of halogens is 2. The van der Waals surface area contributed by atoms with Gasteiger partial charge in [-0.3, -0.25) is 0 Å². The lowest BCUT2D eigenvalue weighted by atomic mass is 10.1. The van der Waals surface area contributed by atoms with E-state index < -0.39 is 0 Å². The first-order chi connectivity index (χ1) is 9.61. The third-order valence-electron chi connectivity index (χ3n) is 3.23. The summed E-state index contributed by atoms with van der Waals surface area (Å²) < 4.78 is 13.9. The Bertz CT molecular complexity index is 569. The molecular weight excluding hydrogens is 275 g/mol. The number of anilines is 1. The maximum Gasteiger partial charge on any atom is 0.128 e. The van der Waals surface area contributed by atoms with E-state index in [1.165, 1.54) is 6.07 Å². The first-order valence-corrected chi connectivity index (χ1v) is 6.92. The molecule has 0 aromatic heterocycles. The lowest BCUT2D eigenvalue weighted by Gasteiger charge is -2.23. The molecule has 2 N–H and O–H groups in total. The van der Waals surface area contributed by atoms with Crippen molar-refractivity contribution in [3.8, 4) is 0 Å².